The maximum atomic E-state index is 11.4. The summed E-state index contributed by atoms with van der Waals surface area (Å²) in [6.07, 6.45) is 1.19. The van der Waals surface area contributed by atoms with E-state index in [2.05, 4.69) is 5.32 Å². The second-order valence-electron chi connectivity index (χ2n) is 3.67. The second kappa shape index (κ2) is 4.91. The molecule has 0 bridgehead atoms. The monoisotopic (exact) mass is 236 g/mol. The van der Waals surface area contributed by atoms with E-state index in [1.54, 1.807) is 0 Å². The van der Waals surface area contributed by atoms with Gasteiger partial charge in [-0.15, -0.1) is 0 Å². The van der Waals surface area contributed by atoms with E-state index in [0.717, 1.165) is 6.42 Å². The molecule has 3 N–H and O–H groups in total. The van der Waals surface area contributed by atoms with Crippen LogP contribution >= 0.6 is 0 Å². The molecule has 0 aromatic carbocycles. The summed E-state index contributed by atoms with van der Waals surface area (Å²) in [6, 6.07) is 0. The number of hydrogen-bond acceptors (Lipinski definition) is 4. The summed E-state index contributed by atoms with van der Waals surface area (Å²) >= 11 is 0. The average Bonchev–Trinajstić information content (AvgIpc) is 2.49. The summed E-state index contributed by atoms with van der Waals surface area (Å²) < 4.78 is 26.5. The van der Waals surface area contributed by atoms with Gasteiger partial charge in [-0.1, -0.05) is 0 Å². The Morgan fingerprint density at radius 1 is 1.53 bits per heavy atom. The van der Waals surface area contributed by atoms with Crippen LogP contribution in [-0.4, -0.2) is 38.8 Å². The van der Waals surface area contributed by atoms with E-state index in [4.69, 9.17) is 9.88 Å². The van der Waals surface area contributed by atoms with Crippen LogP contribution in [0.5, 0.6) is 0 Å². The molecular formula is C8H16N2O4S. The molecule has 1 aliphatic rings. The van der Waals surface area contributed by atoms with E-state index in [9.17, 15) is 13.2 Å². The summed E-state index contributed by atoms with van der Waals surface area (Å²) in [7, 11) is -3.51. The van der Waals surface area contributed by atoms with Gasteiger partial charge in [0.1, 0.15) is 6.10 Å². The van der Waals surface area contributed by atoms with E-state index in [1.165, 1.54) is 0 Å². The number of sulfonamides is 1. The molecule has 88 valence electrons. The molecule has 0 saturated carbocycles. The predicted molar refractivity (Wildman–Crippen MR) is 54.6 cm³/mol. The lowest BCUT2D eigenvalue weighted by molar-refractivity contribution is -0.131. The van der Waals surface area contributed by atoms with Crippen LogP contribution in [0, 0.1) is 0 Å². The lowest BCUT2D eigenvalue weighted by Crippen LogP contribution is -2.38. The van der Waals surface area contributed by atoms with Crippen molar-refractivity contribution in [1.82, 2.24) is 5.32 Å². The van der Waals surface area contributed by atoms with Gasteiger partial charge in [-0.25, -0.2) is 13.6 Å². The Balaban J connectivity index is 2.25. The van der Waals surface area contributed by atoms with Crippen LogP contribution in [0.25, 0.3) is 0 Å². The SMILES string of the molecule is CC1CCC(C(=O)NCCS(N)(=O)=O)O1. The number of nitrogens with one attached hydrogen (secondary N) is 1. The van der Waals surface area contributed by atoms with Gasteiger partial charge in [0.15, 0.2) is 0 Å². The molecule has 1 aliphatic heterocycles. The van der Waals surface area contributed by atoms with E-state index in [-0.39, 0.29) is 24.3 Å². The first-order valence-electron chi connectivity index (χ1n) is 4.82. The Hall–Kier alpha value is -0.660. The van der Waals surface area contributed by atoms with Gasteiger partial charge in [-0.3, -0.25) is 4.79 Å². The van der Waals surface area contributed by atoms with E-state index >= 15 is 0 Å². The first-order valence-corrected chi connectivity index (χ1v) is 6.53. The number of rotatable bonds is 4. The van der Waals surface area contributed by atoms with Crippen molar-refractivity contribution in [2.24, 2.45) is 5.14 Å². The fourth-order valence-corrected chi connectivity index (χ4v) is 1.81. The first kappa shape index (κ1) is 12.4. The largest absolute Gasteiger partial charge is 0.365 e. The molecular weight excluding hydrogens is 220 g/mol. The van der Waals surface area contributed by atoms with Crippen molar-refractivity contribution < 1.29 is 17.9 Å². The van der Waals surface area contributed by atoms with E-state index < -0.39 is 16.1 Å². The van der Waals surface area contributed by atoms with Crippen molar-refractivity contribution in [3.05, 3.63) is 0 Å². The maximum absolute atomic E-state index is 11.4. The van der Waals surface area contributed by atoms with E-state index in [1.807, 2.05) is 6.92 Å². The van der Waals surface area contributed by atoms with Gasteiger partial charge in [-0.05, 0) is 19.8 Å². The molecule has 15 heavy (non-hydrogen) atoms. The van der Waals surface area contributed by atoms with Gasteiger partial charge in [0.05, 0.1) is 11.9 Å². The van der Waals surface area contributed by atoms with Crippen molar-refractivity contribution in [2.75, 3.05) is 12.3 Å². The van der Waals surface area contributed by atoms with Crippen LogP contribution < -0.4 is 10.5 Å². The minimum atomic E-state index is -3.51. The zero-order chi connectivity index (χ0) is 11.5. The van der Waals surface area contributed by atoms with Gasteiger partial charge in [-0.2, -0.15) is 0 Å². The summed E-state index contributed by atoms with van der Waals surface area (Å²) in [4.78, 5) is 11.4. The Morgan fingerprint density at radius 2 is 2.20 bits per heavy atom. The molecule has 1 saturated heterocycles. The third-order valence-corrected chi connectivity index (χ3v) is 2.98. The molecule has 1 amide bonds. The van der Waals surface area contributed by atoms with Crippen LogP contribution in [0.4, 0.5) is 0 Å². The maximum Gasteiger partial charge on any atom is 0.249 e. The highest BCUT2D eigenvalue weighted by Gasteiger charge is 2.27. The molecule has 0 aromatic heterocycles. The number of carbonyl (C=O) groups is 1. The molecule has 1 fully saturated rings. The van der Waals surface area contributed by atoms with Crippen LogP contribution in [0.15, 0.2) is 0 Å². The summed E-state index contributed by atoms with van der Waals surface area (Å²) in [6.45, 7) is 1.93. The summed E-state index contributed by atoms with van der Waals surface area (Å²) in [5, 5.41) is 7.27. The van der Waals surface area contributed by atoms with Crippen molar-refractivity contribution in [3.8, 4) is 0 Å². The van der Waals surface area contributed by atoms with Crippen molar-refractivity contribution in [1.29, 1.82) is 0 Å². The van der Waals surface area contributed by atoms with Crippen LogP contribution in [0.3, 0.4) is 0 Å². The fourth-order valence-electron chi connectivity index (χ4n) is 1.43. The number of ether oxygens (including phenoxy) is 1. The zero-order valence-corrected chi connectivity index (χ0v) is 9.42. The summed E-state index contributed by atoms with van der Waals surface area (Å²) in [5.74, 6) is -0.510. The zero-order valence-electron chi connectivity index (χ0n) is 8.60. The first-order chi connectivity index (χ1) is 6.88. The number of primary sulfonamides is 1. The van der Waals surface area contributed by atoms with Gasteiger partial charge in [0.25, 0.3) is 0 Å². The normalized spacial score (nSPS) is 26.5. The van der Waals surface area contributed by atoms with Crippen LogP contribution in [0.2, 0.25) is 0 Å². The summed E-state index contributed by atoms with van der Waals surface area (Å²) in [5.41, 5.74) is 0. The molecule has 2 atom stereocenters. The van der Waals surface area contributed by atoms with Crippen molar-refractivity contribution in [3.63, 3.8) is 0 Å². The smallest absolute Gasteiger partial charge is 0.249 e. The quantitative estimate of drug-likeness (QED) is 0.651. The highest BCUT2D eigenvalue weighted by atomic mass is 32.2. The molecule has 1 heterocycles. The molecule has 1 rings (SSSR count). The second-order valence-corrected chi connectivity index (χ2v) is 5.40. The molecule has 7 heteroatoms. The van der Waals surface area contributed by atoms with Gasteiger partial charge in [0.2, 0.25) is 15.9 Å². The number of nitrogens with two attached hydrogens (primary N) is 1. The van der Waals surface area contributed by atoms with Gasteiger partial charge in [0, 0.05) is 6.54 Å². The molecule has 6 nitrogen and oxygen atoms in total. The van der Waals surface area contributed by atoms with Crippen LogP contribution in [0.1, 0.15) is 19.8 Å². The molecule has 0 radical (unpaired) electrons. The molecule has 2 unspecified atom stereocenters. The molecule has 0 aromatic rings. The molecule has 0 aliphatic carbocycles. The highest BCUT2D eigenvalue weighted by Crippen LogP contribution is 2.18. The lowest BCUT2D eigenvalue weighted by Gasteiger charge is -2.10. The minimum Gasteiger partial charge on any atom is -0.365 e. The predicted octanol–water partition coefficient (Wildman–Crippen LogP) is -1.04. The van der Waals surface area contributed by atoms with Crippen molar-refractivity contribution in [2.45, 2.75) is 32.0 Å². The topological polar surface area (TPSA) is 98.5 Å². The number of hydrogen-bond donors (Lipinski definition) is 2. The van der Waals surface area contributed by atoms with Crippen LogP contribution in [-0.2, 0) is 19.6 Å². The molecule has 0 spiro atoms. The Kier molecular flexibility index (Phi) is 4.06. The fraction of sp³-hybridized carbons (Fsp3) is 0.875. The van der Waals surface area contributed by atoms with Crippen molar-refractivity contribution >= 4 is 15.9 Å². The Labute approximate surface area is 89.2 Å². The van der Waals surface area contributed by atoms with Gasteiger partial charge >= 0.3 is 0 Å². The Morgan fingerprint density at radius 3 is 2.67 bits per heavy atom. The third kappa shape index (κ3) is 4.59. The van der Waals surface area contributed by atoms with E-state index in [0.29, 0.717) is 6.42 Å². The lowest BCUT2D eigenvalue weighted by atomic mass is 10.2. The Bertz CT molecular complexity index is 328. The standard InChI is InChI=1S/C8H16N2O4S/c1-6-2-3-7(14-6)8(11)10-4-5-15(9,12)13/h6-7H,2-5H2,1H3,(H,10,11)(H2,9,12,13). The number of carbonyl (C=O) groups excluding carboxylic acids is 1. The van der Waals surface area contributed by atoms with Gasteiger partial charge < -0.3 is 10.1 Å². The highest BCUT2D eigenvalue weighted by molar-refractivity contribution is 7.89. The average molecular weight is 236 g/mol. The third-order valence-electron chi connectivity index (χ3n) is 2.21. The minimum absolute atomic E-state index is 0.0336. The number of amides is 1.